The Morgan fingerprint density at radius 3 is 2.15 bits per heavy atom. The first-order chi connectivity index (χ1) is 13.0. The van der Waals surface area contributed by atoms with E-state index < -0.39 is 0 Å². The minimum absolute atomic E-state index is 0.121. The molecule has 27 heavy (non-hydrogen) atoms. The number of ether oxygens (including phenoxy) is 1. The summed E-state index contributed by atoms with van der Waals surface area (Å²) in [6.45, 7) is 2.19. The summed E-state index contributed by atoms with van der Waals surface area (Å²) >= 11 is 0. The van der Waals surface area contributed by atoms with E-state index in [0.717, 1.165) is 11.3 Å². The van der Waals surface area contributed by atoms with E-state index in [9.17, 15) is 9.59 Å². The van der Waals surface area contributed by atoms with Crippen molar-refractivity contribution in [1.29, 1.82) is 0 Å². The molecule has 0 heterocycles. The van der Waals surface area contributed by atoms with Crippen LogP contribution in [0, 0.1) is 0 Å². The van der Waals surface area contributed by atoms with E-state index in [2.05, 4.69) is 16.0 Å². The SMILES string of the molecule is COC(CN)CC(=O)NC(C)c1ccc(NC(=O)Nc2ccccc2)cc1. The lowest BCUT2D eigenvalue weighted by atomic mass is 10.1. The molecule has 3 amide bonds. The normalized spacial score (nSPS) is 12.7. The first-order valence-electron chi connectivity index (χ1n) is 8.77. The predicted octanol–water partition coefficient (Wildman–Crippen LogP) is 2.87. The number of para-hydroxylation sites is 1. The number of rotatable bonds is 8. The molecule has 0 fully saturated rings. The number of methoxy groups -OCH3 is 1. The summed E-state index contributed by atoms with van der Waals surface area (Å²) < 4.78 is 5.12. The quantitative estimate of drug-likeness (QED) is 0.573. The first-order valence-corrected chi connectivity index (χ1v) is 8.77. The van der Waals surface area contributed by atoms with Gasteiger partial charge in [-0.15, -0.1) is 0 Å². The summed E-state index contributed by atoms with van der Waals surface area (Å²) in [4.78, 5) is 24.0. The molecule has 2 unspecified atom stereocenters. The largest absolute Gasteiger partial charge is 0.380 e. The lowest BCUT2D eigenvalue weighted by Crippen LogP contribution is -2.33. The number of carbonyl (C=O) groups excluding carboxylic acids is 2. The molecule has 5 N–H and O–H groups in total. The Bertz CT molecular complexity index is 731. The molecule has 7 nitrogen and oxygen atoms in total. The van der Waals surface area contributed by atoms with Crippen LogP contribution >= 0.6 is 0 Å². The van der Waals surface area contributed by atoms with Gasteiger partial charge in [0, 0.05) is 25.0 Å². The van der Waals surface area contributed by atoms with Gasteiger partial charge in [-0.05, 0) is 36.8 Å². The molecule has 0 radical (unpaired) electrons. The molecular weight excluding hydrogens is 344 g/mol. The predicted molar refractivity (Wildman–Crippen MR) is 107 cm³/mol. The summed E-state index contributed by atoms with van der Waals surface area (Å²) in [6.07, 6.45) is -0.0664. The number of anilines is 2. The fraction of sp³-hybridized carbons (Fsp3) is 0.300. The molecule has 2 atom stereocenters. The van der Waals surface area contributed by atoms with Crippen molar-refractivity contribution in [3.63, 3.8) is 0 Å². The Hall–Kier alpha value is -2.90. The van der Waals surface area contributed by atoms with Crippen molar-refractivity contribution in [1.82, 2.24) is 5.32 Å². The number of hydrogen-bond donors (Lipinski definition) is 4. The second-order valence-corrected chi connectivity index (χ2v) is 6.15. The van der Waals surface area contributed by atoms with E-state index in [1.807, 2.05) is 49.4 Å². The molecule has 0 spiro atoms. The third-order valence-corrected chi connectivity index (χ3v) is 4.09. The summed E-state index contributed by atoms with van der Waals surface area (Å²) in [5, 5.41) is 8.44. The Kier molecular flexibility index (Phi) is 7.79. The summed E-state index contributed by atoms with van der Waals surface area (Å²) in [7, 11) is 1.54. The second-order valence-electron chi connectivity index (χ2n) is 6.15. The van der Waals surface area contributed by atoms with E-state index in [-0.39, 0.29) is 30.5 Å². The van der Waals surface area contributed by atoms with Crippen molar-refractivity contribution >= 4 is 23.3 Å². The van der Waals surface area contributed by atoms with Crippen LogP contribution in [0.15, 0.2) is 54.6 Å². The average Bonchev–Trinajstić information content (AvgIpc) is 2.67. The molecule has 0 bridgehead atoms. The summed E-state index contributed by atoms with van der Waals surface area (Å²) in [5.41, 5.74) is 7.84. The molecule has 0 aliphatic rings. The number of nitrogens with two attached hydrogens (primary N) is 1. The van der Waals surface area contributed by atoms with Gasteiger partial charge in [-0.25, -0.2) is 4.79 Å². The summed E-state index contributed by atoms with van der Waals surface area (Å²) in [6, 6.07) is 16.0. The fourth-order valence-corrected chi connectivity index (χ4v) is 2.52. The maximum absolute atomic E-state index is 12.0. The minimum atomic E-state index is -0.317. The van der Waals surface area contributed by atoms with Crippen molar-refractivity contribution < 1.29 is 14.3 Å². The van der Waals surface area contributed by atoms with Crippen LogP contribution in [-0.2, 0) is 9.53 Å². The zero-order valence-corrected chi connectivity index (χ0v) is 15.6. The molecule has 7 heteroatoms. The molecular formula is C20H26N4O3. The Morgan fingerprint density at radius 2 is 1.59 bits per heavy atom. The van der Waals surface area contributed by atoms with Crippen molar-refractivity contribution in [2.75, 3.05) is 24.3 Å². The standard InChI is InChI=1S/C20H26N4O3/c1-14(22-19(25)12-18(13-21)27-2)15-8-10-17(11-9-15)24-20(26)23-16-6-4-3-5-7-16/h3-11,14,18H,12-13,21H2,1-2H3,(H,22,25)(H2,23,24,26). The number of urea groups is 1. The van der Waals surface area contributed by atoms with Crippen LogP contribution in [0.3, 0.4) is 0 Å². The van der Waals surface area contributed by atoms with Crippen LogP contribution in [0.5, 0.6) is 0 Å². The van der Waals surface area contributed by atoms with Crippen LogP contribution in [-0.4, -0.2) is 31.7 Å². The minimum Gasteiger partial charge on any atom is -0.380 e. The van der Waals surface area contributed by atoms with Crippen molar-refractivity contribution in [3.05, 3.63) is 60.2 Å². The molecule has 0 aliphatic carbocycles. The van der Waals surface area contributed by atoms with Gasteiger partial charge in [0.25, 0.3) is 0 Å². The van der Waals surface area contributed by atoms with Crippen LogP contribution < -0.4 is 21.7 Å². The third-order valence-electron chi connectivity index (χ3n) is 4.09. The molecule has 0 saturated heterocycles. The molecule has 0 saturated carbocycles. The lowest BCUT2D eigenvalue weighted by Gasteiger charge is -2.17. The van der Waals surface area contributed by atoms with Gasteiger partial charge < -0.3 is 26.4 Å². The number of nitrogens with one attached hydrogen (secondary N) is 3. The number of carbonyl (C=O) groups is 2. The van der Waals surface area contributed by atoms with Gasteiger partial charge in [0.15, 0.2) is 0 Å². The van der Waals surface area contributed by atoms with E-state index in [4.69, 9.17) is 10.5 Å². The monoisotopic (exact) mass is 370 g/mol. The number of amides is 3. The Labute approximate surface area is 159 Å². The van der Waals surface area contributed by atoms with Gasteiger partial charge in [-0.1, -0.05) is 30.3 Å². The molecule has 144 valence electrons. The van der Waals surface area contributed by atoms with E-state index >= 15 is 0 Å². The van der Waals surface area contributed by atoms with Gasteiger partial charge in [0.1, 0.15) is 0 Å². The Morgan fingerprint density at radius 1 is 1.00 bits per heavy atom. The van der Waals surface area contributed by atoms with Gasteiger partial charge in [0.05, 0.1) is 18.6 Å². The van der Waals surface area contributed by atoms with E-state index in [0.29, 0.717) is 12.2 Å². The summed E-state index contributed by atoms with van der Waals surface area (Å²) in [5.74, 6) is -0.121. The Balaban J connectivity index is 1.86. The maximum Gasteiger partial charge on any atom is 0.323 e. The fourth-order valence-electron chi connectivity index (χ4n) is 2.52. The molecule has 0 aromatic heterocycles. The highest BCUT2D eigenvalue weighted by Gasteiger charge is 2.14. The zero-order chi connectivity index (χ0) is 19.6. The topological polar surface area (TPSA) is 105 Å². The highest BCUT2D eigenvalue weighted by Crippen LogP contribution is 2.17. The highest BCUT2D eigenvalue weighted by molar-refractivity contribution is 5.99. The van der Waals surface area contributed by atoms with Gasteiger partial charge in [0.2, 0.25) is 5.91 Å². The first kappa shape index (κ1) is 20.4. The highest BCUT2D eigenvalue weighted by atomic mass is 16.5. The van der Waals surface area contributed by atoms with Gasteiger partial charge in [-0.3, -0.25) is 4.79 Å². The zero-order valence-electron chi connectivity index (χ0n) is 15.6. The van der Waals surface area contributed by atoms with Crippen molar-refractivity contribution in [2.24, 2.45) is 5.73 Å². The average molecular weight is 370 g/mol. The molecule has 2 rings (SSSR count). The smallest absolute Gasteiger partial charge is 0.323 e. The molecule has 2 aromatic carbocycles. The number of benzene rings is 2. The van der Waals surface area contributed by atoms with Crippen molar-refractivity contribution in [3.8, 4) is 0 Å². The van der Waals surface area contributed by atoms with Crippen LogP contribution in [0.4, 0.5) is 16.2 Å². The van der Waals surface area contributed by atoms with Crippen LogP contribution in [0.25, 0.3) is 0 Å². The molecule has 0 aliphatic heterocycles. The van der Waals surface area contributed by atoms with Crippen LogP contribution in [0.2, 0.25) is 0 Å². The second kappa shape index (κ2) is 10.3. The molecule has 2 aromatic rings. The van der Waals surface area contributed by atoms with Gasteiger partial charge >= 0.3 is 6.03 Å². The third kappa shape index (κ3) is 6.73. The maximum atomic E-state index is 12.0. The lowest BCUT2D eigenvalue weighted by molar-refractivity contribution is -0.124. The van der Waals surface area contributed by atoms with Gasteiger partial charge in [-0.2, -0.15) is 0 Å². The van der Waals surface area contributed by atoms with Crippen LogP contribution in [0.1, 0.15) is 24.9 Å². The van der Waals surface area contributed by atoms with E-state index in [1.165, 1.54) is 7.11 Å². The van der Waals surface area contributed by atoms with E-state index in [1.54, 1.807) is 12.1 Å². The van der Waals surface area contributed by atoms with Crippen molar-refractivity contribution in [2.45, 2.75) is 25.5 Å². The number of hydrogen-bond acceptors (Lipinski definition) is 4.